The van der Waals surface area contributed by atoms with Crippen molar-refractivity contribution in [1.29, 1.82) is 0 Å². The van der Waals surface area contributed by atoms with Crippen molar-refractivity contribution in [3.05, 3.63) is 35.9 Å². The van der Waals surface area contributed by atoms with Gasteiger partial charge in [0.25, 0.3) is 0 Å². The summed E-state index contributed by atoms with van der Waals surface area (Å²) < 4.78 is 27.0. The average molecular weight is 283 g/mol. The normalized spacial score (nSPS) is 18.6. The molecule has 0 heterocycles. The molecule has 1 atom stereocenters. The summed E-state index contributed by atoms with van der Waals surface area (Å²) >= 11 is 0. The van der Waals surface area contributed by atoms with Crippen LogP contribution < -0.4 is 4.72 Å². The van der Waals surface area contributed by atoms with Gasteiger partial charge in [-0.1, -0.05) is 43.2 Å². The van der Waals surface area contributed by atoms with E-state index in [0.29, 0.717) is 6.42 Å². The van der Waals surface area contributed by atoms with E-state index < -0.39 is 16.1 Å². The number of benzene rings is 1. The number of hydrogen-bond donors (Lipinski definition) is 2. The Bertz CT molecular complexity index is 481. The zero-order valence-corrected chi connectivity index (χ0v) is 11.8. The minimum Gasteiger partial charge on any atom is -0.395 e. The SMILES string of the molecule is O=S(=O)(N[C@@H](CO)Cc1ccccc1)C1CCCC1. The van der Waals surface area contributed by atoms with E-state index in [4.69, 9.17) is 0 Å². The van der Waals surface area contributed by atoms with Crippen molar-refractivity contribution in [3.8, 4) is 0 Å². The van der Waals surface area contributed by atoms with Crippen LogP contribution in [0.5, 0.6) is 0 Å². The van der Waals surface area contributed by atoms with Crippen molar-refractivity contribution in [3.63, 3.8) is 0 Å². The van der Waals surface area contributed by atoms with Gasteiger partial charge >= 0.3 is 0 Å². The molecule has 1 aliphatic carbocycles. The molecule has 0 aliphatic heterocycles. The molecule has 0 bridgehead atoms. The molecule has 0 radical (unpaired) electrons. The van der Waals surface area contributed by atoms with Crippen LogP contribution in [-0.2, 0) is 16.4 Å². The van der Waals surface area contributed by atoms with E-state index in [-0.39, 0.29) is 11.9 Å². The van der Waals surface area contributed by atoms with Crippen LogP contribution in [0.15, 0.2) is 30.3 Å². The summed E-state index contributed by atoms with van der Waals surface area (Å²) in [6.07, 6.45) is 3.95. The molecule has 106 valence electrons. The van der Waals surface area contributed by atoms with Crippen molar-refractivity contribution < 1.29 is 13.5 Å². The summed E-state index contributed by atoms with van der Waals surface area (Å²) in [6.45, 7) is -0.180. The van der Waals surface area contributed by atoms with E-state index in [2.05, 4.69) is 4.72 Å². The summed E-state index contributed by atoms with van der Waals surface area (Å²) in [4.78, 5) is 0. The Morgan fingerprint density at radius 3 is 2.42 bits per heavy atom. The van der Waals surface area contributed by atoms with E-state index in [9.17, 15) is 13.5 Å². The van der Waals surface area contributed by atoms with Gasteiger partial charge in [0, 0.05) is 6.04 Å². The molecular weight excluding hydrogens is 262 g/mol. The predicted octanol–water partition coefficient (Wildman–Crippen LogP) is 1.45. The Morgan fingerprint density at radius 2 is 1.84 bits per heavy atom. The number of rotatable bonds is 6. The molecule has 0 saturated heterocycles. The Morgan fingerprint density at radius 1 is 1.21 bits per heavy atom. The molecule has 1 aliphatic rings. The third-order valence-electron chi connectivity index (χ3n) is 3.62. The average Bonchev–Trinajstić information content (AvgIpc) is 2.93. The van der Waals surface area contributed by atoms with E-state index in [1.54, 1.807) is 0 Å². The quantitative estimate of drug-likeness (QED) is 0.830. The highest BCUT2D eigenvalue weighted by atomic mass is 32.2. The molecule has 1 aromatic rings. The smallest absolute Gasteiger partial charge is 0.214 e. The highest BCUT2D eigenvalue weighted by Gasteiger charge is 2.30. The fourth-order valence-electron chi connectivity index (χ4n) is 2.57. The first-order valence-corrected chi connectivity index (χ1v) is 8.32. The third-order valence-corrected chi connectivity index (χ3v) is 5.63. The standard InChI is InChI=1S/C14H21NO3S/c16-11-13(10-12-6-2-1-3-7-12)15-19(17,18)14-8-4-5-9-14/h1-3,6-7,13-16H,4-5,8-11H2/t13-/m1/s1. The fraction of sp³-hybridized carbons (Fsp3) is 0.571. The van der Waals surface area contributed by atoms with E-state index in [1.807, 2.05) is 30.3 Å². The van der Waals surface area contributed by atoms with Gasteiger partial charge < -0.3 is 5.11 Å². The van der Waals surface area contributed by atoms with Crippen LogP contribution in [0.1, 0.15) is 31.2 Å². The largest absolute Gasteiger partial charge is 0.395 e. The molecule has 1 fully saturated rings. The second kappa shape index (κ2) is 6.50. The van der Waals surface area contributed by atoms with E-state index in [0.717, 1.165) is 31.2 Å². The van der Waals surface area contributed by atoms with Gasteiger partial charge in [0.1, 0.15) is 0 Å². The van der Waals surface area contributed by atoms with Crippen molar-refractivity contribution in [2.75, 3.05) is 6.61 Å². The number of nitrogens with one attached hydrogen (secondary N) is 1. The van der Waals surface area contributed by atoms with Gasteiger partial charge in [-0.25, -0.2) is 13.1 Å². The summed E-state index contributed by atoms with van der Waals surface area (Å²) in [5.41, 5.74) is 1.02. The molecule has 5 heteroatoms. The lowest BCUT2D eigenvalue weighted by Gasteiger charge is -2.19. The van der Waals surface area contributed by atoms with Crippen LogP contribution in [0.2, 0.25) is 0 Å². The number of aliphatic hydroxyl groups excluding tert-OH is 1. The monoisotopic (exact) mass is 283 g/mol. The number of hydrogen-bond acceptors (Lipinski definition) is 3. The van der Waals surface area contributed by atoms with Gasteiger partial charge in [0.15, 0.2) is 0 Å². The molecule has 2 rings (SSSR count). The first kappa shape index (κ1) is 14.5. The van der Waals surface area contributed by atoms with Crippen LogP contribution in [0, 0.1) is 0 Å². The van der Waals surface area contributed by atoms with Crippen LogP contribution in [0.3, 0.4) is 0 Å². The lowest BCUT2D eigenvalue weighted by atomic mass is 10.1. The van der Waals surface area contributed by atoms with Crippen LogP contribution >= 0.6 is 0 Å². The number of sulfonamides is 1. The van der Waals surface area contributed by atoms with Gasteiger partial charge in [-0.15, -0.1) is 0 Å². The molecule has 0 amide bonds. The highest BCUT2D eigenvalue weighted by Crippen LogP contribution is 2.24. The maximum absolute atomic E-state index is 12.2. The summed E-state index contributed by atoms with van der Waals surface area (Å²) in [7, 11) is -3.30. The molecule has 4 nitrogen and oxygen atoms in total. The summed E-state index contributed by atoms with van der Waals surface area (Å²) in [6, 6.07) is 9.18. The van der Waals surface area contributed by atoms with Gasteiger partial charge in [-0.05, 0) is 24.8 Å². The maximum Gasteiger partial charge on any atom is 0.214 e. The molecule has 19 heavy (non-hydrogen) atoms. The molecule has 1 aromatic carbocycles. The first-order chi connectivity index (χ1) is 9.12. The molecule has 0 aromatic heterocycles. The minimum absolute atomic E-state index is 0.180. The van der Waals surface area contributed by atoms with Crippen LogP contribution in [0.25, 0.3) is 0 Å². The second-order valence-electron chi connectivity index (χ2n) is 5.14. The van der Waals surface area contributed by atoms with Crippen LogP contribution in [-0.4, -0.2) is 31.4 Å². The Hall–Kier alpha value is -0.910. The third kappa shape index (κ3) is 4.03. The fourth-order valence-corrected chi connectivity index (χ4v) is 4.34. The topological polar surface area (TPSA) is 66.4 Å². The van der Waals surface area contributed by atoms with Crippen molar-refractivity contribution in [2.24, 2.45) is 0 Å². The lowest BCUT2D eigenvalue weighted by Crippen LogP contribution is -2.43. The van der Waals surface area contributed by atoms with E-state index in [1.165, 1.54) is 0 Å². The predicted molar refractivity (Wildman–Crippen MR) is 75.3 cm³/mol. The van der Waals surface area contributed by atoms with Gasteiger partial charge in [0.05, 0.1) is 11.9 Å². The summed E-state index contributed by atoms with van der Waals surface area (Å²) in [5, 5.41) is 9.09. The summed E-state index contributed by atoms with van der Waals surface area (Å²) in [5.74, 6) is 0. The van der Waals surface area contributed by atoms with Crippen LogP contribution in [0.4, 0.5) is 0 Å². The lowest BCUT2D eigenvalue weighted by molar-refractivity contribution is 0.255. The number of aliphatic hydroxyl groups is 1. The second-order valence-corrected chi connectivity index (χ2v) is 7.13. The Labute approximate surface area is 114 Å². The van der Waals surface area contributed by atoms with Gasteiger partial charge in [0.2, 0.25) is 10.0 Å². The Kier molecular flexibility index (Phi) is 4.96. The van der Waals surface area contributed by atoms with Gasteiger partial charge in [-0.3, -0.25) is 0 Å². The first-order valence-electron chi connectivity index (χ1n) is 6.78. The molecule has 0 unspecified atom stereocenters. The van der Waals surface area contributed by atoms with E-state index >= 15 is 0 Å². The Balaban J connectivity index is 1.98. The molecular formula is C14H21NO3S. The zero-order valence-electron chi connectivity index (χ0n) is 11.0. The molecule has 1 saturated carbocycles. The minimum atomic E-state index is -3.30. The molecule has 2 N–H and O–H groups in total. The van der Waals surface area contributed by atoms with Crippen molar-refractivity contribution in [2.45, 2.75) is 43.4 Å². The zero-order chi connectivity index (χ0) is 13.7. The highest BCUT2D eigenvalue weighted by molar-refractivity contribution is 7.90. The van der Waals surface area contributed by atoms with Crippen molar-refractivity contribution >= 4 is 10.0 Å². The van der Waals surface area contributed by atoms with Gasteiger partial charge in [-0.2, -0.15) is 0 Å². The van der Waals surface area contributed by atoms with Crippen molar-refractivity contribution in [1.82, 2.24) is 4.72 Å². The molecule has 0 spiro atoms. The maximum atomic E-state index is 12.2.